The quantitative estimate of drug-likeness (QED) is 0.747. The van der Waals surface area contributed by atoms with Gasteiger partial charge in [0.2, 0.25) is 0 Å². The van der Waals surface area contributed by atoms with Gasteiger partial charge in [0, 0.05) is 32.2 Å². The minimum absolute atomic E-state index is 0.0329. The smallest absolute Gasteiger partial charge is 0.410 e. The van der Waals surface area contributed by atoms with Crippen molar-refractivity contribution < 1.29 is 14.3 Å². The summed E-state index contributed by atoms with van der Waals surface area (Å²) in [4.78, 5) is 16.1. The lowest BCUT2D eigenvalue weighted by Gasteiger charge is -2.39. The van der Waals surface area contributed by atoms with Gasteiger partial charge in [-0.25, -0.2) is 4.79 Å². The van der Waals surface area contributed by atoms with Crippen molar-refractivity contribution in [2.45, 2.75) is 38.8 Å². The van der Waals surface area contributed by atoms with Crippen molar-refractivity contribution in [3.8, 4) is 0 Å². The zero-order valence-corrected chi connectivity index (χ0v) is 11.4. The summed E-state index contributed by atoms with van der Waals surface area (Å²) in [6.45, 7) is 9.14. The number of piperidine rings is 1. The van der Waals surface area contributed by atoms with Crippen LogP contribution in [0.3, 0.4) is 0 Å². The van der Waals surface area contributed by atoms with Crippen molar-refractivity contribution in [1.29, 1.82) is 0 Å². The fourth-order valence-corrected chi connectivity index (χ4v) is 2.63. The number of hydrogen-bond acceptors (Lipinski definition) is 4. The van der Waals surface area contributed by atoms with Gasteiger partial charge in [0.05, 0.1) is 19.3 Å². The van der Waals surface area contributed by atoms with Crippen LogP contribution in [0.15, 0.2) is 0 Å². The first-order valence-corrected chi connectivity index (χ1v) is 6.94. The summed E-state index contributed by atoms with van der Waals surface area (Å²) in [5.41, 5.74) is 0. The molecule has 2 saturated heterocycles. The summed E-state index contributed by atoms with van der Waals surface area (Å²) in [5, 5.41) is 0. The van der Waals surface area contributed by atoms with Crippen LogP contribution in [-0.4, -0.2) is 67.4 Å². The average Bonchev–Trinajstić information content (AvgIpc) is 2.39. The van der Waals surface area contributed by atoms with Crippen molar-refractivity contribution in [2.24, 2.45) is 0 Å². The van der Waals surface area contributed by atoms with Crippen LogP contribution in [0.2, 0.25) is 0 Å². The molecule has 0 aromatic rings. The molecule has 2 rings (SSSR count). The van der Waals surface area contributed by atoms with E-state index >= 15 is 0 Å². The van der Waals surface area contributed by atoms with Crippen LogP contribution in [0.5, 0.6) is 0 Å². The van der Waals surface area contributed by atoms with E-state index in [4.69, 9.17) is 9.47 Å². The van der Waals surface area contributed by atoms with Crippen LogP contribution < -0.4 is 0 Å². The third-order valence-electron chi connectivity index (χ3n) is 3.62. The number of likely N-dealkylation sites (tertiary alicyclic amines) is 1. The number of carbonyl (C=O) groups excluding carboxylic acids is 1. The second-order valence-corrected chi connectivity index (χ2v) is 5.30. The minimum atomic E-state index is -0.162. The van der Waals surface area contributed by atoms with E-state index in [0.29, 0.717) is 6.04 Å². The topological polar surface area (TPSA) is 42.0 Å². The first-order valence-electron chi connectivity index (χ1n) is 6.94. The molecule has 0 saturated carbocycles. The fourth-order valence-electron chi connectivity index (χ4n) is 2.63. The highest BCUT2D eigenvalue weighted by Gasteiger charge is 2.28. The average molecular weight is 256 g/mol. The molecule has 2 aliphatic rings. The molecule has 1 amide bonds. The summed E-state index contributed by atoms with van der Waals surface area (Å²) < 4.78 is 10.6. The van der Waals surface area contributed by atoms with Gasteiger partial charge in [-0.3, -0.25) is 4.90 Å². The summed E-state index contributed by atoms with van der Waals surface area (Å²) in [6, 6.07) is 0.608. The van der Waals surface area contributed by atoms with Gasteiger partial charge in [-0.15, -0.1) is 0 Å². The lowest BCUT2D eigenvalue weighted by Crippen LogP contribution is -2.50. The number of ether oxygens (including phenoxy) is 2. The van der Waals surface area contributed by atoms with Crippen molar-refractivity contribution in [3.05, 3.63) is 0 Å². The highest BCUT2D eigenvalue weighted by atomic mass is 16.6. The first-order chi connectivity index (χ1) is 8.66. The Bertz CT molecular complexity index is 269. The zero-order chi connectivity index (χ0) is 13.0. The Balaban J connectivity index is 1.75. The number of rotatable bonds is 2. The van der Waals surface area contributed by atoms with E-state index in [-0.39, 0.29) is 12.2 Å². The van der Waals surface area contributed by atoms with Crippen LogP contribution in [-0.2, 0) is 9.47 Å². The van der Waals surface area contributed by atoms with E-state index in [1.807, 2.05) is 18.7 Å². The molecular formula is C13H24N2O3. The molecule has 104 valence electrons. The lowest BCUT2D eigenvalue weighted by molar-refractivity contribution is -0.00133. The van der Waals surface area contributed by atoms with Crippen molar-refractivity contribution in [3.63, 3.8) is 0 Å². The molecule has 0 N–H and O–H groups in total. The number of morpholine rings is 1. The Kier molecular flexibility index (Phi) is 4.83. The molecule has 18 heavy (non-hydrogen) atoms. The summed E-state index contributed by atoms with van der Waals surface area (Å²) in [6.07, 6.45) is 1.90. The molecule has 0 atom stereocenters. The van der Waals surface area contributed by atoms with E-state index in [0.717, 1.165) is 52.2 Å². The molecule has 0 aromatic heterocycles. The third-order valence-corrected chi connectivity index (χ3v) is 3.62. The van der Waals surface area contributed by atoms with Crippen molar-refractivity contribution in [1.82, 2.24) is 9.80 Å². The second kappa shape index (κ2) is 6.38. The van der Waals surface area contributed by atoms with Crippen LogP contribution in [0.4, 0.5) is 4.79 Å². The first kappa shape index (κ1) is 13.6. The molecule has 2 fully saturated rings. The Morgan fingerprint density at radius 2 is 1.78 bits per heavy atom. The molecule has 5 heteroatoms. The molecule has 2 heterocycles. The van der Waals surface area contributed by atoms with Gasteiger partial charge in [0.1, 0.15) is 0 Å². The highest BCUT2D eigenvalue weighted by Crippen LogP contribution is 2.18. The van der Waals surface area contributed by atoms with Crippen molar-refractivity contribution >= 4 is 6.09 Å². The molecule has 0 bridgehead atoms. The lowest BCUT2D eigenvalue weighted by atomic mass is 10.0. The van der Waals surface area contributed by atoms with E-state index in [1.54, 1.807) is 0 Å². The zero-order valence-electron chi connectivity index (χ0n) is 11.4. The molecular weight excluding hydrogens is 232 g/mol. The van der Waals surface area contributed by atoms with E-state index in [2.05, 4.69) is 4.90 Å². The molecule has 0 spiro atoms. The van der Waals surface area contributed by atoms with Gasteiger partial charge in [-0.1, -0.05) is 0 Å². The van der Waals surface area contributed by atoms with E-state index in [9.17, 15) is 4.79 Å². The molecule has 0 unspecified atom stereocenters. The maximum Gasteiger partial charge on any atom is 0.410 e. The number of nitrogens with zero attached hydrogens (tertiary/aromatic N) is 2. The number of amides is 1. The molecule has 2 aliphatic heterocycles. The van der Waals surface area contributed by atoms with Gasteiger partial charge in [0.15, 0.2) is 0 Å². The van der Waals surface area contributed by atoms with Gasteiger partial charge in [-0.05, 0) is 26.7 Å². The van der Waals surface area contributed by atoms with Crippen LogP contribution >= 0.6 is 0 Å². The van der Waals surface area contributed by atoms with E-state index < -0.39 is 0 Å². The Morgan fingerprint density at radius 3 is 2.33 bits per heavy atom. The highest BCUT2D eigenvalue weighted by molar-refractivity contribution is 5.67. The molecule has 0 aliphatic carbocycles. The fraction of sp³-hybridized carbons (Fsp3) is 0.923. The standard InChI is InChI=1S/C13H24N2O3/c1-11(2)18-13(16)15-5-3-12(4-6-15)14-7-9-17-10-8-14/h11-12H,3-10H2,1-2H3. The Morgan fingerprint density at radius 1 is 1.17 bits per heavy atom. The number of hydrogen-bond donors (Lipinski definition) is 0. The van der Waals surface area contributed by atoms with Gasteiger partial charge >= 0.3 is 6.09 Å². The van der Waals surface area contributed by atoms with Gasteiger partial charge < -0.3 is 14.4 Å². The van der Waals surface area contributed by atoms with Crippen molar-refractivity contribution in [2.75, 3.05) is 39.4 Å². The molecule has 0 radical (unpaired) electrons. The maximum atomic E-state index is 11.8. The van der Waals surface area contributed by atoms with Crippen LogP contribution in [0, 0.1) is 0 Å². The summed E-state index contributed by atoms with van der Waals surface area (Å²) in [5.74, 6) is 0. The van der Waals surface area contributed by atoms with Gasteiger partial charge in [-0.2, -0.15) is 0 Å². The van der Waals surface area contributed by atoms with Crippen LogP contribution in [0.25, 0.3) is 0 Å². The number of carbonyl (C=O) groups is 1. The Hall–Kier alpha value is -0.810. The summed E-state index contributed by atoms with van der Waals surface area (Å²) >= 11 is 0. The Labute approximate surface area is 109 Å². The predicted octanol–water partition coefficient (Wildman–Crippen LogP) is 1.33. The minimum Gasteiger partial charge on any atom is -0.447 e. The predicted molar refractivity (Wildman–Crippen MR) is 68.6 cm³/mol. The normalized spacial score (nSPS) is 23.4. The largest absolute Gasteiger partial charge is 0.447 e. The second-order valence-electron chi connectivity index (χ2n) is 5.30. The van der Waals surface area contributed by atoms with Crippen LogP contribution in [0.1, 0.15) is 26.7 Å². The third kappa shape index (κ3) is 3.59. The maximum absolute atomic E-state index is 11.8. The summed E-state index contributed by atoms with van der Waals surface area (Å²) in [7, 11) is 0. The monoisotopic (exact) mass is 256 g/mol. The SMILES string of the molecule is CC(C)OC(=O)N1CCC(N2CCOCC2)CC1. The van der Waals surface area contributed by atoms with Gasteiger partial charge in [0.25, 0.3) is 0 Å². The van der Waals surface area contributed by atoms with E-state index in [1.165, 1.54) is 0 Å². The molecule has 0 aromatic carbocycles. The molecule has 5 nitrogen and oxygen atoms in total.